The van der Waals surface area contributed by atoms with E-state index in [0.29, 0.717) is 0 Å². The third-order valence-electron chi connectivity index (χ3n) is 5.60. The standard InChI is InChI=1S/C24H29N5O3/c1-24(2,29-23(32)26-10-11-30)18-9-8-17(20(13-18)16-6-4-3-5-7-16)12-21(31)22-27-15-19(14-25)28-22/h6,8-9,13,15,30H,3-5,7,10-12H2,1-2H3,(H,27,28)(H2,26,29,32). The number of allylic oxidation sites excluding steroid dienone is 2. The lowest BCUT2D eigenvalue weighted by Crippen LogP contribution is -2.47. The van der Waals surface area contributed by atoms with E-state index in [-0.39, 0.29) is 42.9 Å². The SMILES string of the molecule is CC(C)(NC(=O)NCCO)c1ccc(CC(=O)c2ncc(C#N)[nH]2)c(C2=CCCCC2)c1. The van der Waals surface area contributed by atoms with Crippen LogP contribution in [-0.4, -0.2) is 40.0 Å². The largest absolute Gasteiger partial charge is 0.395 e. The maximum atomic E-state index is 12.8. The Morgan fingerprint density at radius 1 is 1.31 bits per heavy atom. The molecule has 1 heterocycles. The maximum Gasteiger partial charge on any atom is 0.315 e. The highest BCUT2D eigenvalue weighted by atomic mass is 16.3. The van der Waals surface area contributed by atoms with Crippen LogP contribution in [0.4, 0.5) is 4.79 Å². The van der Waals surface area contributed by atoms with Crippen LogP contribution >= 0.6 is 0 Å². The minimum atomic E-state index is -0.658. The lowest BCUT2D eigenvalue weighted by atomic mass is 9.84. The number of benzene rings is 1. The van der Waals surface area contributed by atoms with Crippen molar-refractivity contribution in [2.75, 3.05) is 13.2 Å². The van der Waals surface area contributed by atoms with Crippen molar-refractivity contribution in [2.24, 2.45) is 0 Å². The smallest absolute Gasteiger partial charge is 0.315 e. The van der Waals surface area contributed by atoms with Crippen LogP contribution in [-0.2, 0) is 12.0 Å². The van der Waals surface area contributed by atoms with Crippen molar-refractivity contribution in [3.63, 3.8) is 0 Å². The number of aromatic amines is 1. The number of carbonyl (C=O) groups excluding carboxylic acids is 2. The van der Waals surface area contributed by atoms with Crippen LogP contribution in [0.2, 0.25) is 0 Å². The zero-order valence-corrected chi connectivity index (χ0v) is 18.5. The van der Waals surface area contributed by atoms with Gasteiger partial charge in [0.2, 0.25) is 5.78 Å². The summed E-state index contributed by atoms with van der Waals surface area (Å²) in [6.07, 6.45) is 7.94. The van der Waals surface area contributed by atoms with Crippen molar-refractivity contribution < 1.29 is 14.7 Å². The van der Waals surface area contributed by atoms with Gasteiger partial charge >= 0.3 is 6.03 Å². The van der Waals surface area contributed by atoms with Crippen LogP contribution in [0, 0.1) is 11.3 Å². The predicted molar refractivity (Wildman–Crippen MR) is 121 cm³/mol. The van der Waals surface area contributed by atoms with Crippen molar-refractivity contribution in [1.29, 1.82) is 5.26 Å². The highest BCUT2D eigenvalue weighted by Crippen LogP contribution is 2.33. The molecule has 2 aromatic rings. The van der Waals surface area contributed by atoms with Gasteiger partial charge in [-0.1, -0.05) is 18.2 Å². The van der Waals surface area contributed by atoms with E-state index in [2.05, 4.69) is 32.7 Å². The van der Waals surface area contributed by atoms with Gasteiger partial charge in [-0.3, -0.25) is 4.79 Å². The van der Waals surface area contributed by atoms with Crippen LogP contribution < -0.4 is 10.6 Å². The second kappa shape index (κ2) is 10.2. The van der Waals surface area contributed by atoms with E-state index < -0.39 is 5.54 Å². The molecule has 0 unspecified atom stereocenters. The van der Waals surface area contributed by atoms with Crippen molar-refractivity contribution in [3.05, 3.63) is 58.7 Å². The fourth-order valence-electron chi connectivity index (χ4n) is 3.85. The van der Waals surface area contributed by atoms with Crippen LogP contribution in [0.1, 0.15) is 72.5 Å². The van der Waals surface area contributed by atoms with Crippen molar-refractivity contribution >= 4 is 17.4 Å². The highest BCUT2D eigenvalue weighted by molar-refractivity contribution is 5.95. The lowest BCUT2D eigenvalue weighted by Gasteiger charge is -2.29. The first-order chi connectivity index (χ1) is 15.3. The van der Waals surface area contributed by atoms with E-state index in [9.17, 15) is 9.59 Å². The van der Waals surface area contributed by atoms with Gasteiger partial charge in [-0.05, 0) is 67.9 Å². The summed E-state index contributed by atoms with van der Waals surface area (Å²) in [4.78, 5) is 31.7. The Hall–Kier alpha value is -3.44. The van der Waals surface area contributed by atoms with Crippen LogP contribution in [0.3, 0.4) is 0 Å². The molecule has 1 aliphatic rings. The Morgan fingerprint density at radius 2 is 2.12 bits per heavy atom. The van der Waals surface area contributed by atoms with Gasteiger partial charge in [0.25, 0.3) is 0 Å². The number of aliphatic hydroxyl groups is 1. The van der Waals surface area contributed by atoms with E-state index in [1.54, 1.807) is 0 Å². The molecular weight excluding hydrogens is 406 g/mol. The number of urea groups is 1. The van der Waals surface area contributed by atoms with Gasteiger partial charge in [0, 0.05) is 13.0 Å². The molecule has 0 fully saturated rings. The molecule has 8 nitrogen and oxygen atoms in total. The summed E-state index contributed by atoms with van der Waals surface area (Å²) >= 11 is 0. The molecule has 0 spiro atoms. The van der Waals surface area contributed by atoms with Gasteiger partial charge in [-0.2, -0.15) is 5.26 Å². The molecule has 0 radical (unpaired) electrons. The van der Waals surface area contributed by atoms with Gasteiger partial charge in [0.1, 0.15) is 11.8 Å². The Labute approximate surface area is 187 Å². The molecule has 0 saturated carbocycles. The topological polar surface area (TPSA) is 131 Å². The fourth-order valence-corrected chi connectivity index (χ4v) is 3.85. The summed E-state index contributed by atoms with van der Waals surface area (Å²) in [7, 11) is 0. The lowest BCUT2D eigenvalue weighted by molar-refractivity contribution is 0.0984. The van der Waals surface area contributed by atoms with E-state index in [0.717, 1.165) is 42.4 Å². The normalized spacial score (nSPS) is 13.8. The molecule has 1 aromatic carbocycles. The number of rotatable bonds is 8. The van der Waals surface area contributed by atoms with Gasteiger partial charge in [0.05, 0.1) is 18.3 Å². The summed E-state index contributed by atoms with van der Waals surface area (Å²) in [5, 5.41) is 23.4. The molecule has 0 saturated heterocycles. The summed E-state index contributed by atoms with van der Waals surface area (Å²) in [5.74, 6) is -0.00516. The molecule has 4 N–H and O–H groups in total. The summed E-state index contributed by atoms with van der Waals surface area (Å²) in [5.41, 5.74) is 3.62. The van der Waals surface area contributed by atoms with Crippen LogP contribution in [0.5, 0.6) is 0 Å². The first-order valence-corrected chi connectivity index (χ1v) is 10.8. The van der Waals surface area contributed by atoms with E-state index in [1.807, 2.05) is 32.0 Å². The van der Waals surface area contributed by atoms with Gasteiger partial charge in [-0.25, -0.2) is 9.78 Å². The molecule has 1 aliphatic carbocycles. The summed E-state index contributed by atoms with van der Waals surface area (Å²) < 4.78 is 0. The number of imidazole rings is 1. The van der Waals surface area contributed by atoms with E-state index in [4.69, 9.17) is 10.4 Å². The van der Waals surface area contributed by atoms with Crippen molar-refractivity contribution in [2.45, 2.75) is 51.5 Å². The number of nitriles is 1. The molecule has 0 bridgehead atoms. The molecule has 1 aromatic heterocycles. The number of hydrogen-bond donors (Lipinski definition) is 4. The number of nitrogens with zero attached hydrogens (tertiary/aromatic N) is 2. The monoisotopic (exact) mass is 435 g/mol. The zero-order valence-electron chi connectivity index (χ0n) is 18.5. The summed E-state index contributed by atoms with van der Waals surface area (Å²) in [6.45, 7) is 3.88. The Balaban J connectivity index is 1.90. The van der Waals surface area contributed by atoms with Gasteiger partial charge in [0.15, 0.2) is 5.82 Å². The molecule has 0 aliphatic heterocycles. The number of aromatic nitrogens is 2. The Bertz CT molecular complexity index is 1060. The third kappa shape index (κ3) is 5.62. The van der Waals surface area contributed by atoms with E-state index >= 15 is 0 Å². The fraction of sp³-hybridized carbons (Fsp3) is 0.417. The zero-order chi connectivity index (χ0) is 23.1. The predicted octanol–water partition coefficient (Wildman–Crippen LogP) is 3.19. The number of Topliss-reactive ketones (excluding diaryl/α,β-unsaturated/α-hetero) is 1. The third-order valence-corrected chi connectivity index (χ3v) is 5.60. The van der Waals surface area contributed by atoms with Gasteiger partial charge in [-0.15, -0.1) is 0 Å². The minimum absolute atomic E-state index is 0.125. The first-order valence-electron chi connectivity index (χ1n) is 10.8. The highest BCUT2D eigenvalue weighted by Gasteiger charge is 2.25. The molecule has 2 amide bonds. The average Bonchev–Trinajstić information content (AvgIpc) is 3.28. The average molecular weight is 436 g/mol. The first kappa shape index (κ1) is 23.2. The molecule has 168 valence electrons. The number of ketones is 1. The number of carbonyl (C=O) groups is 2. The molecule has 32 heavy (non-hydrogen) atoms. The molecule has 8 heteroatoms. The van der Waals surface area contributed by atoms with Crippen molar-refractivity contribution in [3.8, 4) is 6.07 Å². The number of nitrogens with one attached hydrogen (secondary N) is 3. The number of hydrogen-bond acceptors (Lipinski definition) is 5. The number of aliphatic hydroxyl groups excluding tert-OH is 1. The minimum Gasteiger partial charge on any atom is -0.395 e. The number of amides is 2. The molecule has 0 atom stereocenters. The molecular formula is C24H29N5O3. The second-order valence-corrected chi connectivity index (χ2v) is 8.43. The number of H-pyrrole nitrogens is 1. The maximum absolute atomic E-state index is 12.8. The van der Waals surface area contributed by atoms with Crippen LogP contribution in [0.15, 0.2) is 30.5 Å². The van der Waals surface area contributed by atoms with E-state index in [1.165, 1.54) is 11.8 Å². The quantitative estimate of drug-likeness (QED) is 0.473. The Kier molecular flexibility index (Phi) is 7.44. The second-order valence-electron chi connectivity index (χ2n) is 8.43. The summed E-state index contributed by atoms with van der Waals surface area (Å²) in [6, 6.07) is 7.50. The van der Waals surface area contributed by atoms with Crippen LogP contribution in [0.25, 0.3) is 5.57 Å². The molecule has 3 rings (SSSR count). The van der Waals surface area contributed by atoms with Gasteiger partial charge < -0.3 is 20.7 Å². The Morgan fingerprint density at radius 3 is 2.78 bits per heavy atom. The van der Waals surface area contributed by atoms with Crippen molar-refractivity contribution in [1.82, 2.24) is 20.6 Å².